The number of nitrogens with zero attached hydrogens (tertiary/aromatic N) is 1. The minimum atomic E-state index is -3.44. The van der Waals surface area contributed by atoms with E-state index in [0.29, 0.717) is 32.5 Å². The molecule has 2 fully saturated rings. The van der Waals surface area contributed by atoms with E-state index in [-0.39, 0.29) is 11.4 Å². The van der Waals surface area contributed by atoms with Crippen LogP contribution in [-0.4, -0.2) is 69.5 Å². The van der Waals surface area contributed by atoms with E-state index in [9.17, 15) is 13.2 Å². The molecule has 1 saturated heterocycles. The number of nitrogens with one attached hydrogen (secondary N) is 2. The van der Waals surface area contributed by atoms with Crippen LogP contribution in [0.15, 0.2) is 0 Å². The highest BCUT2D eigenvalue weighted by Crippen LogP contribution is 2.34. The Morgan fingerprint density at radius 3 is 2.14 bits per heavy atom. The van der Waals surface area contributed by atoms with Gasteiger partial charge in [0.1, 0.15) is 0 Å². The van der Waals surface area contributed by atoms with Crippen LogP contribution in [0.2, 0.25) is 0 Å². The first-order valence-corrected chi connectivity index (χ1v) is 9.99. The highest BCUT2D eigenvalue weighted by molar-refractivity contribution is 7.92. The summed E-state index contributed by atoms with van der Waals surface area (Å²) < 4.78 is 23.3. The van der Waals surface area contributed by atoms with Crippen molar-refractivity contribution in [1.82, 2.24) is 15.5 Å². The van der Waals surface area contributed by atoms with Crippen molar-refractivity contribution < 1.29 is 13.2 Å². The number of carbonyl (C=O) groups is 1. The number of carbonyl (C=O) groups excluding carboxylic acids is 1. The molecule has 2 rings (SSSR count). The summed E-state index contributed by atoms with van der Waals surface area (Å²) in [6, 6.07) is 0. The van der Waals surface area contributed by atoms with Crippen LogP contribution in [0.3, 0.4) is 0 Å². The van der Waals surface area contributed by atoms with Gasteiger partial charge in [-0.3, -0.25) is 4.79 Å². The third kappa shape index (κ3) is 3.16. The lowest BCUT2D eigenvalue weighted by Crippen LogP contribution is -2.60. The fourth-order valence-electron chi connectivity index (χ4n) is 3.82. The molecule has 0 radical (unpaired) electrons. The van der Waals surface area contributed by atoms with Crippen LogP contribution in [0.5, 0.6) is 0 Å². The maximum Gasteiger partial charge on any atom is 0.241 e. The SMILES string of the molecule is CN(C)C1(CNC(=O)C2(S(C)(=O)=O)CCNCC2)CCCC1. The Bertz CT molecular complexity index is 504. The maximum atomic E-state index is 12.8. The molecule has 2 aliphatic rings. The molecule has 22 heavy (non-hydrogen) atoms. The van der Waals surface area contributed by atoms with Gasteiger partial charge in [-0.25, -0.2) is 8.42 Å². The van der Waals surface area contributed by atoms with Crippen molar-refractivity contribution in [2.45, 2.75) is 48.8 Å². The predicted octanol–water partition coefficient (Wildman–Crippen LogP) is 0.144. The van der Waals surface area contributed by atoms with E-state index in [2.05, 4.69) is 15.5 Å². The smallest absolute Gasteiger partial charge is 0.241 e. The first-order valence-electron chi connectivity index (χ1n) is 8.10. The summed E-state index contributed by atoms with van der Waals surface area (Å²) in [6.07, 6.45) is 6.32. The molecule has 0 aromatic carbocycles. The Balaban J connectivity index is 2.12. The summed E-state index contributed by atoms with van der Waals surface area (Å²) in [7, 11) is 0.634. The second-order valence-corrected chi connectivity index (χ2v) is 9.35. The number of piperidine rings is 1. The summed E-state index contributed by atoms with van der Waals surface area (Å²) in [5, 5.41) is 6.11. The highest BCUT2D eigenvalue weighted by atomic mass is 32.2. The lowest BCUT2D eigenvalue weighted by Gasteiger charge is -2.39. The Morgan fingerprint density at radius 1 is 1.14 bits per heavy atom. The lowest BCUT2D eigenvalue weighted by molar-refractivity contribution is -0.124. The van der Waals surface area contributed by atoms with E-state index >= 15 is 0 Å². The van der Waals surface area contributed by atoms with Crippen LogP contribution in [0.1, 0.15) is 38.5 Å². The number of rotatable bonds is 5. The van der Waals surface area contributed by atoms with Crippen molar-refractivity contribution in [3.63, 3.8) is 0 Å². The van der Waals surface area contributed by atoms with Gasteiger partial charge in [-0.2, -0.15) is 0 Å². The van der Waals surface area contributed by atoms with Gasteiger partial charge in [-0.1, -0.05) is 12.8 Å². The standard InChI is InChI=1S/C15H29N3O3S/c1-18(2)14(6-4-5-7-14)12-17-13(19)15(22(3,20)21)8-10-16-11-9-15/h16H,4-12H2,1-3H3,(H,17,19). The molecule has 2 N–H and O–H groups in total. The molecule has 1 amide bonds. The molecule has 1 aliphatic carbocycles. The second-order valence-electron chi connectivity index (χ2n) is 7.03. The normalized spacial score (nSPS) is 24.4. The summed E-state index contributed by atoms with van der Waals surface area (Å²) in [5.41, 5.74) is -0.0265. The van der Waals surface area contributed by atoms with Crippen LogP contribution in [0, 0.1) is 0 Å². The Labute approximate surface area is 133 Å². The van der Waals surface area contributed by atoms with E-state index in [1.54, 1.807) is 0 Å². The largest absolute Gasteiger partial charge is 0.353 e. The van der Waals surface area contributed by atoms with Gasteiger partial charge in [0.05, 0.1) is 0 Å². The lowest BCUT2D eigenvalue weighted by atomic mass is 9.93. The molecule has 0 atom stereocenters. The number of amides is 1. The van der Waals surface area contributed by atoms with Gasteiger partial charge in [0, 0.05) is 18.3 Å². The molecule has 1 heterocycles. The minimum Gasteiger partial charge on any atom is -0.353 e. The number of sulfone groups is 1. The highest BCUT2D eigenvalue weighted by Gasteiger charge is 2.49. The summed E-state index contributed by atoms with van der Waals surface area (Å²) in [4.78, 5) is 14.9. The zero-order valence-corrected chi connectivity index (χ0v) is 14.8. The first kappa shape index (κ1) is 17.7. The van der Waals surface area contributed by atoms with Gasteiger partial charge >= 0.3 is 0 Å². The average Bonchev–Trinajstić information content (AvgIpc) is 2.94. The molecule has 0 aromatic heterocycles. The first-order chi connectivity index (χ1) is 10.2. The van der Waals surface area contributed by atoms with Gasteiger partial charge < -0.3 is 15.5 Å². The fraction of sp³-hybridized carbons (Fsp3) is 0.933. The van der Waals surface area contributed by atoms with E-state index in [1.165, 1.54) is 6.26 Å². The molecule has 7 heteroatoms. The monoisotopic (exact) mass is 331 g/mol. The van der Waals surface area contributed by atoms with E-state index in [1.807, 2.05) is 14.1 Å². The molecule has 128 valence electrons. The van der Waals surface area contributed by atoms with E-state index in [0.717, 1.165) is 25.7 Å². The number of likely N-dealkylation sites (N-methyl/N-ethyl adjacent to an activating group) is 1. The van der Waals surface area contributed by atoms with Crippen LogP contribution >= 0.6 is 0 Å². The van der Waals surface area contributed by atoms with Crippen molar-refractivity contribution in [3.05, 3.63) is 0 Å². The van der Waals surface area contributed by atoms with Gasteiger partial charge in [0.2, 0.25) is 5.91 Å². The van der Waals surface area contributed by atoms with Gasteiger partial charge in [0.25, 0.3) is 0 Å². The molecular weight excluding hydrogens is 302 g/mol. The molecular formula is C15H29N3O3S. The maximum absolute atomic E-state index is 12.8. The van der Waals surface area contributed by atoms with E-state index < -0.39 is 14.6 Å². The zero-order chi connectivity index (χ0) is 16.4. The number of hydrogen-bond donors (Lipinski definition) is 2. The average molecular weight is 331 g/mol. The molecule has 0 unspecified atom stereocenters. The van der Waals surface area contributed by atoms with Crippen molar-refractivity contribution in [3.8, 4) is 0 Å². The quantitative estimate of drug-likeness (QED) is 0.749. The molecule has 0 bridgehead atoms. The molecule has 6 nitrogen and oxygen atoms in total. The predicted molar refractivity (Wildman–Crippen MR) is 87.6 cm³/mol. The van der Waals surface area contributed by atoms with Gasteiger partial charge in [-0.05, 0) is 52.9 Å². The van der Waals surface area contributed by atoms with Crippen LogP contribution in [-0.2, 0) is 14.6 Å². The molecule has 0 spiro atoms. The zero-order valence-electron chi connectivity index (χ0n) is 13.9. The number of hydrogen-bond acceptors (Lipinski definition) is 5. The Kier molecular flexibility index (Phi) is 5.19. The van der Waals surface area contributed by atoms with Crippen LogP contribution in [0.25, 0.3) is 0 Å². The van der Waals surface area contributed by atoms with Crippen molar-refractivity contribution in [1.29, 1.82) is 0 Å². The van der Waals surface area contributed by atoms with E-state index in [4.69, 9.17) is 0 Å². The Hall–Kier alpha value is -0.660. The Morgan fingerprint density at radius 2 is 1.68 bits per heavy atom. The molecule has 1 saturated carbocycles. The topological polar surface area (TPSA) is 78.5 Å². The summed E-state index contributed by atoms with van der Waals surface area (Å²) in [6.45, 7) is 1.67. The molecule has 0 aromatic rings. The molecule has 1 aliphatic heterocycles. The van der Waals surface area contributed by atoms with Gasteiger partial charge in [0.15, 0.2) is 14.6 Å². The summed E-state index contributed by atoms with van der Waals surface area (Å²) in [5.74, 6) is -0.315. The van der Waals surface area contributed by atoms with Crippen molar-refractivity contribution in [2.24, 2.45) is 0 Å². The third-order valence-corrected chi connectivity index (χ3v) is 7.61. The minimum absolute atomic E-state index is 0.0265. The third-order valence-electron chi connectivity index (χ3n) is 5.60. The fourth-order valence-corrected chi connectivity index (χ4v) is 5.17. The van der Waals surface area contributed by atoms with Crippen LogP contribution < -0.4 is 10.6 Å². The van der Waals surface area contributed by atoms with Crippen molar-refractivity contribution in [2.75, 3.05) is 40.0 Å². The van der Waals surface area contributed by atoms with Gasteiger partial charge in [-0.15, -0.1) is 0 Å². The second kappa shape index (κ2) is 6.45. The van der Waals surface area contributed by atoms with Crippen LogP contribution in [0.4, 0.5) is 0 Å². The van der Waals surface area contributed by atoms with Crippen molar-refractivity contribution >= 4 is 15.7 Å². The summed E-state index contributed by atoms with van der Waals surface area (Å²) >= 11 is 0.